The zero-order valence-electron chi connectivity index (χ0n) is 9.46. The lowest BCUT2D eigenvalue weighted by Gasteiger charge is -2.32. The zero-order chi connectivity index (χ0) is 11.7. The number of aromatic nitrogens is 2. The molecule has 0 amide bonds. The van der Waals surface area contributed by atoms with E-state index in [-0.39, 0.29) is 11.7 Å². The molecule has 0 radical (unpaired) electrons. The Labute approximate surface area is 93.8 Å². The molecule has 1 aromatic rings. The quantitative estimate of drug-likeness (QED) is 0.610. The van der Waals surface area contributed by atoms with Gasteiger partial charge in [-0.2, -0.15) is 5.10 Å². The Morgan fingerprint density at radius 1 is 1.50 bits per heavy atom. The molecular weight excluding hydrogens is 208 g/mol. The van der Waals surface area contributed by atoms with Crippen LogP contribution in [0.1, 0.15) is 32.7 Å². The average molecular weight is 224 g/mol. The Kier molecular flexibility index (Phi) is 2.91. The number of nitrogens with zero attached hydrogens (tertiary/aromatic N) is 3. The van der Waals surface area contributed by atoms with E-state index in [4.69, 9.17) is 0 Å². The third kappa shape index (κ3) is 2.21. The third-order valence-corrected chi connectivity index (χ3v) is 2.99. The SMILES string of the molecule is C[C@@H]1CC(n2cc([N+](=O)[O-])cn2)C[C@@H](C)N1. The lowest BCUT2D eigenvalue weighted by atomic mass is 9.95. The minimum absolute atomic E-state index is 0.0684. The van der Waals surface area contributed by atoms with Gasteiger partial charge in [0, 0.05) is 12.1 Å². The van der Waals surface area contributed by atoms with Crippen molar-refractivity contribution < 1.29 is 4.92 Å². The Morgan fingerprint density at radius 2 is 2.12 bits per heavy atom. The van der Waals surface area contributed by atoms with Gasteiger partial charge in [-0.25, -0.2) is 0 Å². The fourth-order valence-electron chi connectivity index (χ4n) is 2.37. The van der Waals surface area contributed by atoms with Crippen molar-refractivity contribution in [3.8, 4) is 0 Å². The lowest BCUT2D eigenvalue weighted by Crippen LogP contribution is -2.43. The molecule has 1 fully saturated rings. The van der Waals surface area contributed by atoms with Crippen molar-refractivity contribution in [1.82, 2.24) is 15.1 Å². The molecule has 1 aliphatic rings. The minimum atomic E-state index is -0.405. The van der Waals surface area contributed by atoms with Gasteiger partial charge in [0.05, 0.1) is 11.0 Å². The molecule has 1 aliphatic heterocycles. The molecule has 1 saturated heterocycles. The van der Waals surface area contributed by atoms with E-state index in [1.54, 1.807) is 4.68 Å². The Balaban J connectivity index is 2.13. The van der Waals surface area contributed by atoms with E-state index in [0.29, 0.717) is 12.1 Å². The normalized spacial score (nSPS) is 30.2. The van der Waals surface area contributed by atoms with Crippen LogP contribution < -0.4 is 5.32 Å². The molecule has 0 aliphatic carbocycles. The summed E-state index contributed by atoms with van der Waals surface area (Å²) in [5.74, 6) is 0. The highest BCUT2D eigenvalue weighted by atomic mass is 16.6. The fraction of sp³-hybridized carbons (Fsp3) is 0.700. The van der Waals surface area contributed by atoms with Crippen molar-refractivity contribution in [3.63, 3.8) is 0 Å². The lowest BCUT2D eigenvalue weighted by molar-refractivity contribution is -0.385. The first-order valence-electron chi connectivity index (χ1n) is 5.51. The summed E-state index contributed by atoms with van der Waals surface area (Å²) in [6.45, 7) is 4.25. The maximum Gasteiger partial charge on any atom is 0.307 e. The summed E-state index contributed by atoms with van der Waals surface area (Å²) in [6, 6.07) is 1.12. The van der Waals surface area contributed by atoms with Gasteiger partial charge in [-0.1, -0.05) is 0 Å². The van der Waals surface area contributed by atoms with Gasteiger partial charge in [0.15, 0.2) is 0 Å². The van der Waals surface area contributed by atoms with E-state index in [2.05, 4.69) is 24.3 Å². The highest BCUT2D eigenvalue weighted by Crippen LogP contribution is 2.25. The molecule has 2 heterocycles. The summed E-state index contributed by atoms with van der Waals surface area (Å²) in [6.07, 6.45) is 4.76. The zero-order valence-corrected chi connectivity index (χ0v) is 9.46. The predicted molar refractivity (Wildman–Crippen MR) is 59.2 cm³/mol. The first-order valence-corrected chi connectivity index (χ1v) is 5.51. The van der Waals surface area contributed by atoms with Crippen LogP contribution in [0.5, 0.6) is 0 Å². The highest BCUT2D eigenvalue weighted by Gasteiger charge is 2.25. The molecule has 0 saturated carbocycles. The van der Waals surface area contributed by atoms with Gasteiger partial charge in [0.25, 0.3) is 0 Å². The molecule has 1 aromatic heterocycles. The van der Waals surface area contributed by atoms with Crippen LogP contribution in [0, 0.1) is 10.1 Å². The standard InChI is InChI=1S/C10H16N4O2/c1-7-3-9(4-8(2)12-7)13-6-10(5-11-13)14(15)16/h5-9,12H,3-4H2,1-2H3/t7-,8-/m1/s1. The molecule has 0 bridgehead atoms. The van der Waals surface area contributed by atoms with Crippen LogP contribution in [0.15, 0.2) is 12.4 Å². The second kappa shape index (κ2) is 4.21. The Hall–Kier alpha value is -1.43. The van der Waals surface area contributed by atoms with Gasteiger partial charge in [0.2, 0.25) is 0 Å². The summed E-state index contributed by atoms with van der Waals surface area (Å²) in [5, 5.41) is 18.1. The van der Waals surface area contributed by atoms with Gasteiger partial charge in [0.1, 0.15) is 12.4 Å². The molecule has 0 spiro atoms. The van der Waals surface area contributed by atoms with Gasteiger partial charge < -0.3 is 5.32 Å². The second-order valence-electron chi connectivity index (χ2n) is 4.53. The molecule has 2 atom stereocenters. The van der Waals surface area contributed by atoms with E-state index in [9.17, 15) is 10.1 Å². The van der Waals surface area contributed by atoms with Gasteiger partial charge in [-0.05, 0) is 26.7 Å². The molecule has 16 heavy (non-hydrogen) atoms. The predicted octanol–water partition coefficient (Wildman–Crippen LogP) is 1.49. The molecule has 1 N–H and O–H groups in total. The highest BCUT2D eigenvalue weighted by molar-refractivity contribution is 5.21. The van der Waals surface area contributed by atoms with Crippen molar-refractivity contribution >= 4 is 5.69 Å². The largest absolute Gasteiger partial charge is 0.312 e. The number of hydrogen-bond acceptors (Lipinski definition) is 4. The number of hydrogen-bond donors (Lipinski definition) is 1. The molecule has 6 heteroatoms. The summed E-state index contributed by atoms with van der Waals surface area (Å²) in [7, 11) is 0. The molecule has 6 nitrogen and oxygen atoms in total. The minimum Gasteiger partial charge on any atom is -0.312 e. The van der Waals surface area contributed by atoms with Crippen LogP contribution in [-0.2, 0) is 0 Å². The molecule has 0 aromatic carbocycles. The smallest absolute Gasteiger partial charge is 0.307 e. The van der Waals surface area contributed by atoms with E-state index in [0.717, 1.165) is 12.8 Å². The van der Waals surface area contributed by atoms with Crippen molar-refractivity contribution in [2.45, 2.75) is 44.8 Å². The summed E-state index contributed by atoms with van der Waals surface area (Å²) < 4.78 is 1.73. The molecular formula is C10H16N4O2. The van der Waals surface area contributed by atoms with Crippen LogP contribution >= 0.6 is 0 Å². The summed E-state index contributed by atoms with van der Waals surface area (Å²) >= 11 is 0. The van der Waals surface area contributed by atoms with Crippen LogP contribution in [0.2, 0.25) is 0 Å². The van der Waals surface area contributed by atoms with Gasteiger partial charge in [-0.15, -0.1) is 0 Å². The van der Waals surface area contributed by atoms with Crippen molar-refractivity contribution in [3.05, 3.63) is 22.5 Å². The van der Waals surface area contributed by atoms with E-state index >= 15 is 0 Å². The van der Waals surface area contributed by atoms with Crippen LogP contribution in [0.4, 0.5) is 5.69 Å². The second-order valence-corrected chi connectivity index (χ2v) is 4.53. The fourth-order valence-corrected chi connectivity index (χ4v) is 2.37. The van der Waals surface area contributed by atoms with Crippen molar-refractivity contribution in [1.29, 1.82) is 0 Å². The van der Waals surface area contributed by atoms with Crippen LogP contribution in [0.3, 0.4) is 0 Å². The van der Waals surface area contributed by atoms with E-state index < -0.39 is 4.92 Å². The maximum atomic E-state index is 10.6. The number of rotatable bonds is 2. The van der Waals surface area contributed by atoms with Crippen LogP contribution in [-0.4, -0.2) is 26.8 Å². The van der Waals surface area contributed by atoms with Gasteiger partial charge >= 0.3 is 5.69 Å². The summed E-state index contributed by atoms with van der Waals surface area (Å²) in [5.41, 5.74) is 0.0684. The number of nitrogens with one attached hydrogen (secondary N) is 1. The Morgan fingerprint density at radius 3 is 2.62 bits per heavy atom. The number of nitro groups is 1. The first-order chi connectivity index (χ1) is 7.56. The monoisotopic (exact) mass is 224 g/mol. The summed E-state index contributed by atoms with van der Waals surface area (Å²) in [4.78, 5) is 10.2. The maximum absolute atomic E-state index is 10.6. The van der Waals surface area contributed by atoms with E-state index in [1.165, 1.54) is 12.4 Å². The molecule has 88 valence electrons. The Bertz CT molecular complexity index is 380. The number of piperidine rings is 1. The first kappa shape index (κ1) is 11.1. The average Bonchev–Trinajstić information content (AvgIpc) is 2.64. The molecule has 2 rings (SSSR count). The van der Waals surface area contributed by atoms with E-state index in [1.807, 2.05) is 0 Å². The van der Waals surface area contributed by atoms with Crippen molar-refractivity contribution in [2.75, 3.05) is 0 Å². The topological polar surface area (TPSA) is 73.0 Å². The van der Waals surface area contributed by atoms with Gasteiger partial charge in [-0.3, -0.25) is 14.8 Å². The third-order valence-electron chi connectivity index (χ3n) is 2.99. The van der Waals surface area contributed by atoms with Crippen molar-refractivity contribution in [2.24, 2.45) is 0 Å². The van der Waals surface area contributed by atoms with Crippen LogP contribution in [0.25, 0.3) is 0 Å². The molecule has 0 unspecified atom stereocenters.